The Labute approximate surface area is 175 Å². The van der Waals surface area contributed by atoms with E-state index in [0.29, 0.717) is 12.5 Å². The van der Waals surface area contributed by atoms with Gasteiger partial charge in [0.15, 0.2) is 5.96 Å². The van der Waals surface area contributed by atoms with Crippen LogP contribution in [0.2, 0.25) is 0 Å². The topological polar surface area (TPSA) is 60.0 Å². The maximum absolute atomic E-state index is 12.7. The maximum atomic E-state index is 12.7. The zero-order valence-electron chi connectivity index (χ0n) is 16.6. The van der Waals surface area contributed by atoms with Gasteiger partial charge in [0, 0.05) is 46.8 Å². The Balaban J connectivity index is 0.00000243. The Kier molecular flexibility index (Phi) is 8.00. The highest BCUT2D eigenvalue weighted by Crippen LogP contribution is 2.39. The molecule has 150 valence electrons. The van der Waals surface area contributed by atoms with Crippen molar-refractivity contribution in [3.63, 3.8) is 0 Å². The molecule has 1 heterocycles. The van der Waals surface area contributed by atoms with Gasteiger partial charge in [-0.3, -0.25) is 9.79 Å². The molecule has 7 heteroatoms. The van der Waals surface area contributed by atoms with Gasteiger partial charge in [-0.15, -0.1) is 24.0 Å². The van der Waals surface area contributed by atoms with E-state index in [1.807, 2.05) is 21.1 Å². The van der Waals surface area contributed by atoms with E-state index >= 15 is 0 Å². The molecular formula is C19H36IN5O. The standard InChI is InChI=1S/C19H35N5O.HI/c1-20-18(21-12-15-8-11-24(13-15)16-6-7-16)22-14-19(9-4-5-10-19)17(25)23(2)3;/h15-16H,4-14H2,1-3H3,(H2,20,21,22);1H. The number of halogens is 1. The second-order valence-electron chi connectivity index (χ2n) is 8.37. The second-order valence-corrected chi connectivity index (χ2v) is 8.37. The monoisotopic (exact) mass is 477 g/mol. The Morgan fingerprint density at radius 1 is 1.19 bits per heavy atom. The molecule has 2 aliphatic carbocycles. The summed E-state index contributed by atoms with van der Waals surface area (Å²) in [4.78, 5) is 21.4. The van der Waals surface area contributed by atoms with Gasteiger partial charge in [-0.2, -0.15) is 0 Å². The van der Waals surface area contributed by atoms with Crippen LogP contribution in [0.4, 0.5) is 0 Å². The summed E-state index contributed by atoms with van der Waals surface area (Å²) >= 11 is 0. The van der Waals surface area contributed by atoms with Crippen LogP contribution in [-0.4, -0.2) is 75.0 Å². The molecule has 1 unspecified atom stereocenters. The number of carbonyl (C=O) groups is 1. The molecule has 26 heavy (non-hydrogen) atoms. The SMILES string of the molecule is CN=C(NCC1CCN(C2CC2)C1)NCC1(C(=O)N(C)C)CCCC1.I. The second kappa shape index (κ2) is 9.57. The zero-order valence-corrected chi connectivity index (χ0v) is 18.9. The lowest BCUT2D eigenvalue weighted by molar-refractivity contribution is -0.138. The molecular weight excluding hydrogens is 441 g/mol. The smallest absolute Gasteiger partial charge is 0.230 e. The number of rotatable bonds is 6. The van der Waals surface area contributed by atoms with Crippen LogP contribution < -0.4 is 10.6 Å². The van der Waals surface area contributed by atoms with Crippen LogP contribution in [0.5, 0.6) is 0 Å². The van der Waals surface area contributed by atoms with Crippen LogP contribution in [0, 0.1) is 11.3 Å². The minimum atomic E-state index is -0.253. The summed E-state index contributed by atoms with van der Waals surface area (Å²) in [7, 11) is 5.54. The number of hydrogen-bond donors (Lipinski definition) is 2. The third-order valence-electron chi connectivity index (χ3n) is 6.18. The van der Waals surface area contributed by atoms with E-state index in [1.165, 1.54) is 32.4 Å². The van der Waals surface area contributed by atoms with Gasteiger partial charge < -0.3 is 20.4 Å². The molecule has 1 atom stereocenters. The molecule has 1 amide bonds. The largest absolute Gasteiger partial charge is 0.356 e. The van der Waals surface area contributed by atoms with Crippen molar-refractivity contribution in [2.75, 3.05) is 47.3 Å². The zero-order chi connectivity index (χ0) is 17.9. The third-order valence-corrected chi connectivity index (χ3v) is 6.18. The van der Waals surface area contributed by atoms with Crippen LogP contribution in [0.25, 0.3) is 0 Å². The molecule has 3 aliphatic rings. The Morgan fingerprint density at radius 3 is 2.46 bits per heavy atom. The van der Waals surface area contributed by atoms with E-state index in [0.717, 1.165) is 44.2 Å². The molecule has 6 nitrogen and oxygen atoms in total. The van der Waals surface area contributed by atoms with Crippen LogP contribution in [0.15, 0.2) is 4.99 Å². The van der Waals surface area contributed by atoms with Gasteiger partial charge in [0.1, 0.15) is 0 Å². The van der Waals surface area contributed by atoms with E-state index in [1.54, 1.807) is 4.90 Å². The van der Waals surface area contributed by atoms with Gasteiger partial charge in [0.2, 0.25) is 5.91 Å². The van der Waals surface area contributed by atoms with Crippen LogP contribution in [0.3, 0.4) is 0 Å². The molecule has 2 saturated carbocycles. The third kappa shape index (κ3) is 5.24. The average molecular weight is 477 g/mol. The molecule has 0 aromatic carbocycles. The molecule has 0 aromatic heterocycles. The summed E-state index contributed by atoms with van der Waals surface area (Å²) in [5.74, 6) is 1.80. The summed E-state index contributed by atoms with van der Waals surface area (Å²) in [6.07, 6.45) is 8.32. The quantitative estimate of drug-likeness (QED) is 0.349. The first-order valence-electron chi connectivity index (χ1n) is 9.94. The summed E-state index contributed by atoms with van der Waals surface area (Å²) in [6, 6.07) is 0.877. The summed E-state index contributed by atoms with van der Waals surface area (Å²) in [5, 5.41) is 6.92. The molecule has 0 aromatic rings. The highest BCUT2D eigenvalue weighted by molar-refractivity contribution is 14.0. The van der Waals surface area contributed by atoms with Crippen molar-refractivity contribution in [2.45, 2.75) is 51.0 Å². The van der Waals surface area contributed by atoms with E-state index in [-0.39, 0.29) is 35.3 Å². The lowest BCUT2D eigenvalue weighted by Gasteiger charge is -2.31. The number of carbonyl (C=O) groups excluding carboxylic acids is 1. The van der Waals surface area contributed by atoms with Gasteiger partial charge in [-0.25, -0.2) is 0 Å². The van der Waals surface area contributed by atoms with Crippen LogP contribution in [0.1, 0.15) is 44.9 Å². The van der Waals surface area contributed by atoms with Crippen molar-refractivity contribution < 1.29 is 4.79 Å². The fraction of sp³-hybridized carbons (Fsp3) is 0.895. The maximum Gasteiger partial charge on any atom is 0.230 e. The lowest BCUT2D eigenvalue weighted by atomic mass is 9.84. The first kappa shape index (κ1) is 21.7. The van der Waals surface area contributed by atoms with Crippen molar-refractivity contribution in [3.8, 4) is 0 Å². The number of guanidine groups is 1. The van der Waals surface area contributed by atoms with Gasteiger partial charge in [-0.1, -0.05) is 12.8 Å². The molecule has 0 spiro atoms. The molecule has 1 aliphatic heterocycles. The summed E-state index contributed by atoms with van der Waals surface area (Å²) in [6.45, 7) is 4.13. The Morgan fingerprint density at radius 2 is 1.88 bits per heavy atom. The molecule has 0 radical (unpaired) electrons. The Hall–Kier alpha value is -0.570. The van der Waals surface area contributed by atoms with Crippen molar-refractivity contribution in [3.05, 3.63) is 0 Å². The molecule has 2 N–H and O–H groups in total. The van der Waals surface area contributed by atoms with Crippen molar-refractivity contribution in [2.24, 2.45) is 16.3 Å². The number of hydrogen-bond acceptors (Lipinski definition) is 3. The van der Waals surface area contributed by atoms with E-state index in [2.05, 4.69) is 20.5 Å². The number of nitrogens with zero attached hydrogens (tertiary/aromatic N) is 3. The van der Waals surface area contributed by atoms with Crippen molar-refractivity contribution in [1.82, 2.24) is 20.4 Å². The number of amides is 1. The predicted octanol–water partition coefficient (Wildman–Crippen LogP) is 1.90. The van der Waals surface area contributed by atoms with Crippen molar-refractivity contribution >= 4 is 35.8 Å². The van der Waals surface area contributed by atoms with Gasteiger partial charge in [-0.05, 0) is 44.6 Å². The average Bonchev–Trinajstić information content (AvgIpc) is 3.16. The molecule has 3 fully saturated rings. The van der Waals surface area contributed by atoms with E-state index in [9.17, 15) is 4.79 Å². The minimum Gasteiger partial charge on any atom is -0.356 e. The summed E-state index contributed by atoms with van der Waals surface area (Å²) in [5.41, 5.74) is -0.253. The normalized spacial score (nSPS) is 25.7. The number of likely N-dealkylation sites (tertiary alicyclic amines) is 1. The van der Waals surface area contributed by atoms with Crippen LogP contribution in [-0.2, 0) is 4.79 Å². The minimum absolute atomic E-state index is 0. The number of aliphatic imine (C=N–C) groups is 1. The van der Waals surface area contributed by atoms with E-state index in [4.69, 9.17) is 0 Å². The number of nitrogens with one attached hydrogen (secondary N) is 2. The van der Waals surface area contributed by atoms with Gasteiger partial charge in [0.05, 0.1) is 5.41 Å². The highest BCUT2D eigenvalue weighted by Gasteiger charge is 2.42. The molecule has 1 saturated heterocycles. The first-order valence-corrected chi connectivity index (χ1v) is 9.94. The Bertz CT molecular complexity index is 500. The predicted molar refractivity (Wildman–Crippen MR) is 117 cm³/mol. The summed E-state index contributed by atoms with van der Waals surface area (Å²) < 4.78 is 0. The fourth-order valence-corrected chi connectivity index (χ4v) is 4.51. The first-order chi connectivity index (χ1) is 12.0. The molecule has 3 rings (SSSR count). The van der Waals surface area contributed by atoms with Crippen molar-refractivity contribution in [1.29, 1.82) is 0 Å². The highest BCUT2D eigenvalue weighted by atomic mass is 127. The fourth-order valence-electron chi connectivity index (χ4n) is 4.51. The van der Waals surface area contributed by atoms with Crippen LogP contribution >= 0.6 is 24.0 Å². The van der Waals surface area contributed by atoms with Gasteiger partial charge in [0.25, 0.3) is 0 Å². The van der Waals surface area contributed by atoms with Gasteiger partial charge >= 0.3 is 0 Å². The molecule has 0 bridgehead atoms. The lowest BCUT2D eigenvalue weighted by Crippen LogP contribution is -2.49. The van der Waals surface area contributed by atoms with E-state index < -0.39 is 0 Å².